The molecular formula is C26H26O4. The fraction of sp³-hybridized carbons (Fsp3) is 0.192. The predicted octanol–water partition coefficient (Wildman–Crippen LogP) is 5.12. The number of benzene rings is 3. The van der Waals surface area contributed by atoms with Gasteiger partial charge in [0.2, 0.25) is 0 Å². The monoisotopic (exact) mass is 402 g/mol. The van der Waals surface area contributed by atoms with Crippen molar-refractivity contribution in [3.05, 3.63) is 107 Å². The lowest BCUT2D eigenvalue weighted by Gasteiger charge is -2.12. The Kier molecular flexibility index (Phi) is 7.81. The fourth-order valence-electron chi connectivity index (χ4n) is 2.99. The summed E-state index contributed by atoms with van der Waals surface area (Å²) in [6, 6.07) is 25.3. The standard InChI is InChI=1S/C26H26O4/c1-2-29-26(28)17-12-20-8-13-23(14-9-20)25(27)18-21-10-15-24(16-11-21)30-19-22-6-4-3-5-7-22/h3-17,25,27H,2,18-19H2,1H3/b17-12+. The van der Waals surface area contributed by atoms with Crippen molar-refractivity contribution in [2.24, 2.45) is 0 Å². The van der Waals surface area contributed by atoms with Gasteiger partial charge in [0, 0.05) is 12.5 Å². The van der Waals surface area contributed by atoms with Crippen molar-refractivity contribution < 1.29 is 19.4 Å². The maximum atomic E-state index is 11.4. The Morgan fingerprint density at radius 1 is 0.933 bits per heavy atom. The highest BCUT2D eigenvalue weighted by molar-refractivity contribution is 5.87. The number of hydrogen-bond donors (Lipinski definition) is 1. The van der Waals surface area contributed by atoms with Gasteiger partial charge in [-0.05, 0) is 47.4 Å². The molecule has 30 heavy (non-hydrogen) atoms. The van der Waals surface area contributed by atoms with Crippen molar-refractivity contribution in [3.8, 4) is 5.75 Å². The fourth-order valence-corrected chi connectivity index (χ4v) is 2.99. The second kappa shape index (κ2) is 11.0. The molecule has 0 aliphatic rings. The molecular weight excluding hydrogens is 376 g/mol. The van der Waals surface area contributed by atoms with E-state index in [0.29, 0.717) is 19.6 Å². The minimum Gasteiger partial charge on any atom is -0.489 e. The molecule has 154 valence electrons. The van der Waals surface area contributed by atoms with Gasteiger partial charge in [-0.1, -0.05) is 66.7 Å². The molecule has 0 saturated heterocycles. The van der Waals surface area contributed by atoms with Gasteiger partial charge in [-0.2, -0.15) is 0 Å². The molecule has 3 aromatic rings. The van der Waals surface area contributed by atoms with E-state index in [4.69, 9.17) is 9.47 Å². The summed E-state index contributed by atoms with van der Waals surface area (Å²) in [7, 11) is 0. The Morgan fingerprint density at radius 3 is 2.30 bits per heavy atom. The van der Waals surface area contributed by atoms with Gasteiger partial charge >= 0.3 is 5.97 Å². The van der Waals surface area contributed by atoms with Crippen LogP contribution in [0.25, 0.3) is 6.08 Å². The van der Waals surface area contributed by atoms with E-state index in [1.807, 2.05) is 78.9 Å². The van der Waals surface area contributed by atoms with Crippen molar-refractivity contribution >= 4 is 12.0 Å². The lowest BCUT2D eigenvalue weighted by molar-refractivity contribution is -0.137. The number of hydrogen-bond acceptors (Lipinski definition) is 4. The van der Waals surface area contributed by atoms with Crippen LogP contribution in [0.3, 0.4) is 0 Å². The van der Waals surface area contributed by atoms with E-state index >= 15 is 0 Å². The predicted molar refractivity (Wildman–Crippen MR) is 118 cm³/mol. The first-order valence-corrected chi connectivity index (χ1v) is 10.0. The zero-order valence-corrected chi connectivity index (χ0v) is 17.0. The Labute approximate surface area is 177 Å². The van der Waals surface area contributed by atoms with Crippen LogP contribution in [0.1, 0.15) is 35.3 Å². The van der Waals surface area contributed by atoms with Gasteiger partial charge in [-0.3, -0.25) is 0 Å². The second-order valence-corrected chi connectivity index (χ2v) is 6.89. The maximum absolute atomic E-state index is 11.4. The first-order chi connectivity index (χ1) is 14.6. The lowest BCUT2D eigenvalue weighted by atomic mass is 10.00. The van der Waals surface area contributed by atoms with Gasteiger partial charge in [0.1, 0.15) is 12.4 Å². The van der Waals surface area contributed by atoms with Crippen LogP contribution in [-0.4, -0.2) is 17.7 Å². The summed E-state index contributed by atoms with van der Waals surface area (Å²) in [5.74, 6) is 0.438. The number of aliphatic hydroxyl groups excluding tert-OH is 1. The molecule has 0 amide bonds. The SMILES string of the molecule is CCOC(=O)/C=C/c1ccc(C(O)Cc2ccc(OCc3ccccc3)cc2)cc1. The van der Waals surface area contributed by atoms with Gasteiger partial charge in [-0.15, -0.1) is 0 Å². The number of carbonyl (C=O) groups is 1. The van der Waals surface area contributed by atoms with Crippen molar-refractivity contribution in [1.29, 1.82) is 0 Å². The molecule has 0 bridgehead atoms. The highest BCUT2D eigenvalue weighted by atomic mass is 16.5. The van der Waals surface area contributed by atoms with Crippen LogP contribution in [-0.2, 0) is 22.6 Å². The van der Waals surface area contributed by atoms with Crippen LogP contribution in [0.15, 0.2) is 84.9 Å². The summed E-state index contributed by atoms with van der Waals surface area (Å²) < 4.78 is 10.7. The largest absolute Gasteiger partial charge is 0.489 e. The molecule has 1 N–H and O–H groups in total. The molecule has 0 saturated carbocycles. The number of ether oxygens (including phenoxy) is 2. The zero-order chi connectivity index (χ0) is 21.2. The Hall–Kier alpha value is -3.37. The maximum Gasteiger partial charge on any atom is 0.330 e. The van der Waals surface area contributed by atoms with E-state index in [2.05, 4.69) is 0 Å². The molecule has 4 heteroatoms. The van der Waals surface area contributed by atoms with Crippen LogP contribution < -0.4 is 4.74 Å². The summed E-state index contributed by atoms with van der Waals surface area (Å²) in [4.78, 5) is 11.4. The van der Waals surface area contributed by atoms with Gasteiger partial charge in [0.25, 0.3) is 0 Å². The average molecular weight is 402 g/mol. The third-order valence-corrected chi connectivity index (χ3v) is 4.62. The number of aliphatic hydroxyl groups is 1. The Balaban J connectivity index is 1.52. The lowest BCUT2D eigenvalue weighted by Crippen LogP contribution is -2.02. The summed E-state index contributed by atoms with van der Waals surface area (Å²) in [5.41, 5.74) is 3.85. The first-order valence-electron chi connectivity index (χ1n) is 10.0. The minimum atomic E-state index is -0.607. The van der Waals surface area contributed by atoms with E-state index < -0.39 is 6.10 Å². The minimum absolute atomic E-state index is 0.356. The van der Waals surface area contributed by atoms with Crippen molar-refractivity contribution in [2.75, 3.05) is 6.61 Å². The second-order valence-electron chi connectivity index (χ2n) is 6.89. The van der Waals surface area contributed by atoms with E-state index in [-0.39, 0.29) is 5.97 Å². The molecule has 0 radical (unpaired) electrons. The molecule has 1 unspecified atom stereocenters. The summed E-state index contributed by atoms with van der Waals surface area (Å²) in [5, 5.41) is 10.6. The van der Waals surface area contributed by atoms with Crippen LogP contribution in [0.2, 0.25) is 0 Å². The zero-order valence-electron chi connectivity index (χ0n) is 17.0. The number of carbonyl (C=O) groups excluding carboxylic acids is 1. The van der Waals surface area contributed by atoms with E-state index in [1.165, 1.54) is 6.08 Å². The molecule has 3 rings (SSSR count). The molecule has 0 aromatic heterocycles. The number of esters is 1. The van der Waals surface area contributed by atoms with Gasteiger partial charge < -0.3 is 14.6 Å². The molecule has 4 nitrogen and oxygen atoms in total. The third kappa shape index (κ3) is 6.61. The Morgan fingerprint density at radius 2 is 1.63 bits per heavy atom. The summed E-state index contributed by atoms with van der Waals surface area (Å²) in [6.45, 7) is 2.65. The molecule has 0 aliphatic carbocycles. The first kappa shape index (κ1) is 21.3. The van der Waals surface area contributed by atoms with Crippen LogP contribution in [0.5, 0.6) is 5.75 Å². The smallest absolute Gasteiger partial charge is 0.330 e. The van der Waals surface area contributed by atoms with Gasteiger partial charge in [0.15, 0.2) is 0 Å². The van der Waals surface area contributed by atoms with Crippen LogP contribution >= 0.6 is 0 Å². The summed E-state index contributed by atoms with van der Waals surface area (Å²) in [6.07, 6.45) is 3.00. The van der Waals surface area contributed by atoms with Crippen molar-refractivity contribution in [1.82, 2.24) is 0 Å². The molecule has 0 heterocycles. The van der Waals surface area contributed by atoms with Crippen molar-refractivity contribution in [3.63, 3.8) is 0 Å². The highest BCUT2D eigenvalue weighted by Gasteiger charge is 2.09. The van der Waals surface area contributed by atoms with Gasteiger partial charge in [0.05, 0.1) is 12.7 Å². The number of rotatable bonds is 9. The third-order valence-electron chi connectivity index (χ3n) is 4.62. The topological polar surface area (TPSA) is 55.8 Å². The van der Waals surface area contributed by atoms with E-state index in [1.54, 1.807) is 13.0 Å². The normalized spacial score (nSPS) is 11.9. The molecule has 3 aromatic carbocycles. The van der Waals surface area contributed by atoms with Gasteiger partial charge in [-0.25, -0.2) is 4.79 Å². The Bertz CT molecular complexity index is 945. The average Bonchev–Trinajstić information content (AvgIpc) is 2.78. The molecule has 1 atom stereocenters. The molecule has 0 spiro atoms. The summed E-state index contributed by atoms with van der Waals surface area (Å²) >= 11 is 0. The molecule has 0 aliphatic heterocycles. The molecule has 0 fully saturated rings. The van der Waals surface area contributed by atoms with Crippen LogP contribution in [0.4, 0.5) is 0 Å². The van der Waals surface area contributed by atoms with E-state index in [9.17, 15) is 9.90 Å². The van der Waals surface area contributed by atoms with Crippen LogP contribution in [0, 0.1) is 0 Å². The van der Waals surface area contributed by atoms with E-state index in [0.717, 1.165) is 28.0 Å². The quantitative estimate of drug-likeness (QED) is 0.399. The highest BCUT2D eigenvalue weighted by Crippen LogP contribution is 2.21. The van der Waals surface area contributed by atoms with Crippen molar-refractivity contribution in [2.45, 2.75) is 26.1 Å².